The molecule has 0 fully saturated rings. The quantitative estimate of drug-likeness (QED) is 0.636. The molecule has 0 saturated heterocycles. The van der Waals surface area contributed by atoms with Crippen molar-refractivity contribution < 1.29 is 0 Å². The van der Waals surface area contributed by atoms with Crippen molar-refractivity contribution in [3.63, 3.8) is 0 Å². The summed E-state index contributed by atoms with van der Waals surface area (Å²) in [7, 11) is -2.32. The van der Waals surface area contributed by atoms with Gasteiger partial charge in [-0.25, -0.2) is 0 Å². The minimum Gasteiger partial charge on any atom is -0.306 e. The Morgan fingerprint density at radius 2 is 0.815 bits per heavy atom. The predicted octanol–water partition coefficient (Wildman–Crippen LogP) is 1.38. The van der Waals surface area contributed by atoms with Crippen LogP contribution in [0.15, 0.2) is 18.2 Å². The highest BCUT2D eigenvalue weighted by molar-refractivity contribution is 6.91. The molecule has 3 N–H and O–H groups in total. The van der Waals surface area contributed by atoms with Crippen LogP contribution in [-0.2, 0) is 0 Å². The van der Waals surface area contributed by atoms with E-state index in [2.05, 4.69) is 35.2 Å². The highest BCUT2D eigenvalue weighted by atomic mass is 28.2. The largest absolute Gasteiger partial charge is 0.306 e. The van der Waals surface area contributed by atoms with Crippen molar-refractivity contribution in [1.29, 1.82) is 16.2 Å². The lowest BCUT2D eigenvalue weighted by atomic mass is 10.2. The van der Waals surface area contributed by atoms with Crippen LogP contribution in [-0.4, -0.2) is 59.4 Å². The molecule has 3 heterocycles. The number of hydrogen-bond donors (Lipinski definition) is 3. The Morgan fingerprint density at radius 3 is 1.07 bits per heavy atom. The van der Waals surface area contributed by atoms with Gasteiger partial charge in [0, 0.05) is 42.4 Å². The number of hydrogen-bond acceptors (Lipinski definition) is 3. The fourth-order valence-corrected chi connectivity index (χ4v) is 12.0. The van der Waals surface area contributed by atoms with Crippen LogP contribution in [0.5, 0.6) is 0 Å². The van der Waals surface area contributed by atoms with Crippen LogP contribution >= 0.6 is 0 Å². The second-order valence-corrected chi connectivity index (χ2v) is 15.2. The molecule has 3 aliphatic rings. The van der Waals surface area contributed by atoms with Gasteiger partial charge in [0.1, 0.15) is 0 Å². The Bertz CT molecular complexity index is 793. The third-order valence-electron chi connectivity index (χ3n) is 5.77. The molecule has 0 amide bonds. The maximum Gasteiger partial charge on any atom is 0.0476 e. The lowest BCUT2D eigenvalue weighted by molar-refractivity contribution is 0.979. The molecule has 138 valence electrons. The molecule has 27 heavy (non-hydrogen) atoms. The van der Waals surface area contributed by atoms with Crippen molar-refractivity contribution in [2.24, 2.45) is 0 Å². The Kier molecular flexibility index (Phi) is 5.75. The van der Waals surface area contributed by atoms with Crippen molar-refractivity contribution in [3.8, 4) is 0 Å². The highest BCUT2D eigenvalue weighted by Crippen LogP contribution is 2.08. The fraction of sp³-hybridized carbons (Fsp3) is 0.429. The summed E-state index contributed by atoms with van der Waals surface area (Å²) in [5.74, 6) is 0. The smallest absolute Gasteiger partial charge is 0.0476 e. The van der Waals surface area contributed by atoms with E-state index in [0.717, 1.165) is 55.7 Å². The maximum atomic E-state index is 8.13. The first kappa shape index (κ1) is 18.8. The number of rotatable bonds is 3. The topological polar surface area (TPSA) is 71.6 Å². The van der Waals surface area contributed by atoms with Crippen LogP contribution in [0.2, 0.25) is 18.1 Å². The molecular weight excluding hydrogens is 379 g/mol. The second kappa shape index (κ2) is 8.24. The minimum atomic E-state index is -0.773. The Morgan fingerprint density at radius 1 is 0.519 bits per heavy atom. The molecule has 1 aromatic rings. The Hall–Kier alpha value is -1.51. The van der Waals surface area contributed by atoms with E-state index in [1.807, 2.05) is 0 Å². The molecule has 1 aromatic carbocycles. The third-order valence-corrected chi connectivity index (χ3v) is 13.6. The summed E-state index contributed by atoms with van der Waals surface area (Å²) in [6.07, 6.45) is 6.31. The standard InChI is InChI=1S/C21H27N3Si3/c22-16-4-1-7-25(13-16)19-10-20(26-8-2-5-17(23)14-26)12-21(11-19)27-9-3-6-18(24)15-27/h10-15,22-24H,1-9H2. The van der Waals surface area contributed by atoms with E-state index in [-0.39, 0.29) is 0 Å². The molecular formula is C21H27N3Si3. The average Bonchev–Trinajstić information content (AvgIpc) is 2.68. The van der Waals surface area contributed by atoms with Crippen LogP contribution in [0.1, 0.15) is 38.5 Å². The monoisotopic (exact) mass is 405 g/mol. The molecule has 0 radical (unpaired) electrons. The summed E-state index contributed by atoms with van der Waals surface area (Å²) < 4.78 is 0. The van der Waals surface area contributed by atoms with Gasteiger partial charge < -0.3 is 16.2 Å². The normalized spacial score (nSPS) is 20.9. The Balaban J connectivity index is 1.82. The highest BCUT2D eigenvalue weighted by Gasteiger charge is 2.18. The van der Waals surface area contributed by atoms with E-state index in [1.54, 1.807) is 0 Å². The zero-order chi connectivity index (χ0) is 18.8. The SMILES string of the molecule is N=C1C=[Si](c2cc([Si]3=CC(=N)CCC3)cc([Si]3=CC(=N)CCC3)c2)CCC1. The van der Waals surface area contributed by atoms with Crippen molar-refractivity contribution in [2.75, 3.05) is 0 Å². The van der Waals surface area contributed by atoms with Gasteiger partial charge in [-0.05, 0) is 72.2 Å². The van der Waals surface area contributed by atoms with Crippen LogP contribution in [0.25, 0.3) is 0 Å². The molecule has 4 rings (SSSR count). The minimum absolute atomic E-state index is 0.773. The van der Waals surface area contributed by atoms with Gasteiger partial charge in [-0.2, -0.15) is 0 Å². The second-order valence-electron chi connectivity index (χ2n) is 7.94. The zero-order valence-corrected chi connectivity index (χ0v) is 18.8. The third kappa shape index (κ3) is 4.50. The van der Waals surface area contributed by atoms with E-state index in [4.69, 9.17) is 16.2 Å². The molecule has 6 heteroatoms. The molecule has 0 aromatic heterocycles. The summed E-state index contributed by atoms with van der Waals surface area (Å²) in [6.45, 7) is 0. The van der Waals surface area contributed by atoms with Gasteiger partial charge in [0.25, 0.3) is 0 Å². The van der Waals surface area contributed by atoms with Gasteiger partial charge >= 0.3 is 0 Å². The molecule has 0 aliphatic carbocycles. The first-order valence-electron chi connectivity index (χ1n) is 10.1. The molecule has 0 unspecified atom stereocenters. The van der Waals surface area contributed by atoms with Gasteiger partial charge in [-0.15, -0.1) is 0 Å². The molecule has 0 spiro atoms. The summed E-state index contributed by atoms with van der Waals surface area (Å²) in [5.41, 5.74) is 9.31. The van der Waals surface area contributed by atoms with E-state index >= 15 is 0 Å². The zero-order valence-electron chi connectivity index (χ0n) is 15.8. The number of nitrogens with one attached hydrogen (secondary N) is 3. The van der Waals surface area contributed by atoms with Crippen LogP contribution in [0, 0.1) is 16.2 Å². The summed E-state index contributed by atoms with van der Waals surface area (Å²) in [4.78, 5) is 0. The summed E-state index contributed by atoms with van der Waals surface area (Å²) in [6, 6.07) is 11.1. The average molecular weight is 406 g/mol. The van der Waals surface area contributed by atoms with E-state index in [0.29, 0.717) is 0 Å². The van der Waals surface area contributed by atoms with Gasteiger partial charge in [-0.1, -0.05) is 35.2 Å². The van der Waals surface area contributed by atoms with Crippen molar-refractivity contribution >= 4 is 74.9 Å². The first-order chi connectivity index (χ1) is 13.1. The fourth-order valence-electron chi connectivity index (χ4n) is 4.34. The van der Waals surface area contributed by atoms with Gasteiger partial charge in [-0.3, -0.25) is 0 Å². The molecule has 3 aliphatic heterocycles. The molecule has 0 atom stereocenters. The van der Waals surface area contributed by atoms with Crippen LogP contribution < -0.4 is 15.6 Å². The van der Waals surface area contributed by atoms with E-state index < -0.39 is 25.2 Å². The summed E-state index contributed by atoms with van der Waals surface area (Å²) >= 11 is 0. The van der Waals surface area contributed by atoms with Crippen LogP contribution in [0.3, 0.4) is 0 Å². The molecule has 0 saturated carbocycles. The van der Waals surface area contributed by atoms with Crippen molar-refractivity contribution in [2.45, 2.75) is 56.7 Å². The lowest BCUT2D eigenvalue weighted by Gasteiger charge is -2.20. The van der Waals surface area contributed by atoms with E-state index in [9.17, 15) is 0 Å². The van der Waals surface area contributed by atoms with Crippen molar-refractivity contribution in [1.82, 2.24) is 0 Å². The Labute approximate surface area is 166 Å². The van der Waals surface area contributed by atoms with Gasteiger partial charge in [0.15, 0.2) is 0 Å². The molecule has 0 bridgehead atoms. The lowest BCUT2D eigenvalue weighted by Crippen LogP contribution is -2.42. The molecule has 3 nitrogen and oxygen atoms in total. The van der Waals surface area contributed by atoms with Gasteiger partial charge in [0.2, 0.25) is 0 Å². The number of benzene rings is 1. The van der Waals surface area contributed by atoms with Crippen molar-refractivity contribution in [3.05, 3.63) is 18.2 Å². The summed E-state index contributed by atoms with van der Waals surface area (Å²) in [5, 5.41) is 28.9. The first-order valence-corrected chi connectivity index (χ1v) is 15.4. The predicted molar refractivity (Wildman–Crippen MR) is 126 cm³/mol. The maximum absolute atomic E-state index is 8.13. The van der Waals surface area contributed by atoms with Gasteiger partial charge in [0.05, 0.1) is 0 Å². The van der Waals surface area contributed by atoms with Crippen LogP contribution in [0.4, 0.5) is 0 Å². The van der Waals surface area contributed by atoms with E-state index in [1.165, 1.54) is 33.7 Å².